The van der Waals surface area contributed by atoms with E-state index >= 15 is 0 Å². The van der Waals surface area contributed by atoms with Gasteiger partial charge in [0.15, 0.2) is 0 Å². The Kier molecular flexibility index (Phi) is 8.02. The van der Waals surface area contributed by atoms with Crippen LogP contribution in [-0.2, 0) is 20.9 Å². The fraction of sp³-hybridized carbons (Fsp3) is 0.350. The number of nitrogens with one attached hydrogen (secondary N) is 1. The smallest absolute Gasteiger partial charge is 0.325 e. The molecule has 0 atom stereocenters. The van der Waals surface area contributed by atoms with Crippen LogP contribution in [0.1, 0.15) is 20.1 Å². The molecule has 0 saturated heterocycles. The quantitative estimate of drug-likeness (QED) is 0.624. The van der Waals surface area contributed by atoms with Gasteiger partial charge < -0.3 is 24.4 Å². The van der Waals surface area contributed by atoms with Crippen LogP contribution in [0.15, 0.2) is 30.3 Å². The number of aryl methyl sites for hydroxylation is 1. The van der Waals surface area contributed by atoms with E-state index in [1.54, 1.807) is 24.3 Å². The lowest BCUT2D eigenvalue weighted by molar-refractivity contribution is -0.147. The van der Waals surface area contributed by atoms with Crippen molar-refractivity contribution in [2.45, 2.75) is 13.5 Å². The Labute approximate surface area is 173 Å². The molecule has 2 rings (SSSR count). The second-order valence-corrected chi connectivity index (χ2v) is 7.43. The number of benzene rings is 1. The summed E-state index contributed by atoms with van der Waals surface area (Å²) in [5.41, 5.74) is 0.707. The van der Waals surface area contributed by atoms with E-state index in [1.165, 1.54) is 37.6 Å². The highest BCUT2D eigenvalue weighted by Gasteiger charge is 2.20. The second-order valence-electron chi connectivity index (χ2n) is 6.14. The van der Waals surface area contributed by atoms with Gasteiger partial charge in [0.2, 0.25) is 5.91 Å². The molecule has 0 fully saturated rings. The average Bonchev–Trinajstić information content (AvgIpc) is 3.17. The highest BCUT2D eigenvalue weighted by atomic mass is 32.1. The Morgan fingerprint density at radius 3 is 2.21 bits per heavy atom. The number of carbonyl (C=O) groups is 3. The molecule has 0 aliphatic carbocycles. The van der Waals surface area contributed by atoms with Gasteiger partial charge in [-0.3, -0.25) is 14.4 Å². The molecule has 0 unspecified atom stereocenters. The summed E-state index contributed by atoms with van der Waals surface area (Å²) >= 11 is 1.34. The van der Waals surface area contributed by atoms with Gasteiger partial charge in [-0.2, -0.15) is 0 Å². The summed E-state index contributed by atoms with van der Waals surface area (Å²) in [4.78, 5) is 39.5. The molecular formula is C20H24N2O6S. The van der Waals surface area contributed by atoms with Gasteiger partial charge in [-0.05, 0) is 36.8 Å². The fourth-order valence-corrected chi connectivity index (χ4v) is 3.33. The van der Waals surface area contributed by atoms with Crippen LogP contribution in [0.3, 0.4) is 0 Å². The maximum absolute atomic E-state index is 12.7. The molecule has 0 bridgehead atoms. The van der Waals surface area contributed by atoms with Gasteiger partial charge in [0.25, 0.3) is 5.91 Å². The largest absolute Gasteiger partial charge is 0.497 e. The van der Waals surface area contributed by atoms with Crippen molar-refractivity contribution in [2.75, 3.05) is 34.4 Å². The van der Waals surface area contributed by atoms with E-state index in [-0.39, 0.29) is 25.5 Å². The van der Waals surface area contributed by atoms with E-state index in [0.717, 1.165) is 4.88 Å². The molecule has 0 aliphatic heterocycles. The number of hydrogen-bond acceptors (Lipinski definition) is 7. The lowest BCUT2D eigenvalue weighted by Crippen LogP contribution is -2.42. The molecule has 0 spiro atoms. The molecule has 9 heteroatoms. The van der Waals surface area contributed by atoms with Gasteiger partial charge in [-0.25, -0.2) is 0 Å². The first-order chi connectivity index (χ1) is 13.9. The minimum atomic E-state index is -0.562. The zero-order valence-electron chi connectivity index (χ0n) is 16.8. The maximum atomic E-state index is 12.7. The van der Waals surface area contributed by atoms with E-state index in [9.17, 15) is 14.4 Å². The summed E-state index contributed by atoms with van der Waals surface area (Å²) in [5, 5.41) is 2.59. The Morgan fingerprint density at radius 1 is 1.03 bits per heavy atom. The van der Waals surface area contributed by atoms with Crippen molar-refractivity contribution in [1.82, 2.24) is 10.2 Å². The minimum Gasteiger partial charge on any atom is -0.497 e. The number of methoxy groups -OCH3 is 3. The molecule has 1 aromatic heterocycles. The van der Waals surface area contributed by atoms with Crippen LogP contribution in [0.4, 0.5) is 0 Å². The van der Waals surface area contributed by atoms with Crippen molar-refractivity contribution in [3.8, 4) is 11.5 Å². The zero-order chi connectivity index (χ0) is 21.4. The lowest BCUT2D eigenvalue weighted by Gasteiger charge is -2.22. The number of carbonyl (C=O) groups excluding carboxylic acids is 3. The molecule has 1 heterocycles. The van der Waals surface area contributed by atoms with Gasteiger partial charge in [0, 0.05) is 17.5 Å². The van der Waals surface area contributed by atoms with Crippen LogP contribution in [0.25, 0.3) is 0 Å². The number of nitrogens with zero attached hydrogens (tertiary/aromatic N) is 1. The third-order valence-corrected chi connectivity index (χ3v) is 5.05. The number of thiophene rings is 1. The summed E-state index contributed by atoms with van der Waals surface area (Å²) in [5.74, 6) is -0.192. The summed E-state index contributed by atoms with van der Waals surface area (Å²) in [6.07, 6.45) is 0. The number of amides is 2. The molecule has 156 valence electrons. The summed E-state index contributed by atoms with van der Waals surface area (Å²) in [6.45, 7) is 1.53. The molecule has 0 aliphatic rings. The van der Waals surface area contributed by atoms with E-state index in [4.69, 9.17) is 9.47 Å². The highest BCUT2D eigenvalue weighted by Crippen LogP contribution is 2.23. The molecular weight excluding hydrogens is 396 g/mol. The Hall–Kier alpha value is -3.07. The van der Waals surface area contributed by atoms with Crippen molar-refractivity contribution in [3.63, 3.8) is 0 Å². The predicted molar refractivity (Wildman–Crippen MR) is 108 cm³/mol. The van der Waals surface area contributed by atoms with Crippen molar-refractivity contribution in [2.24, 2.45) is 0 Å². The van der Waals surface area contributed by atoms with Crippen LogP contribution in [0, 0.1) is 6.92 Å². The normalized spacial score (nSPS) is 10.2. The van der Waals surface area contributed by atoms with Crippen LogP contribution in [0.2, 0.25) is 0 Å². The summed E-state index contributed by atoms with van der Waals surface area (Å²) in [7, 11) is 4.30. The molecule has 1 N–H and O–H groups in total. The molecule has 0 saturated carbocycles. The van der Waals surface area contributed by atoms with Crippen molar-refractivity contribution >= 4 is 29.1 Å². The monoisotopic (exact) mass is 420 g/mol. The SMILES string of the molecule is COC(=O)CN(Cc1cc(OC)cc(OC)c1)C(=O)CNC(=O)c1ccc(C)s1. The first-order valence-electron chi connectivity index (χ1n) is 8.77. The first kappa shape index (κ1) is 22.2. The van der Waals surface area contributed by atoms with Gasteiger partial charge >= 0.3 is 5.97 Å². The van der Waals surface area contributed by atoms with Crippen LogP contribution >= 0.6 is 11.3 Å². The van der Waals surface area contributed by atoms with Crippen molar-refractivity contribution < 1.29 is 28.6 Å². The van der Waals surface area contributed by atoms with Crippen LogP contribution in [0.5, 0.6) is 11.5 Å². The molecule has 2 amide bonds. The average molecular weight is 420 g/mol. The Balaban J connectivity index is 2.11. The van der Waals surface area contributed by atoms with E-state index in [2.05, 4.69) is 10.1 Å². The highest BCUT2D eigenvalue weighted by molar-refractivity contribution is 7.13. The van der Waals surface area contributed by atoms with Gasteiger partial charge in [-0.15, -0.1) is 11.3 Å². The molecule has 0 radical (unpaired) electrons. The molecule has 29 heavy (non-hydrogen) atoms. The molecule has 1 aromatic carbocycles. The minimum absolute atomic E-state index is 0.121. The fourth-order valence-electron chi connectivity index (χ4n) is 2.54. The van der Waals surface area contributed by atoms with Gasteiger partial charge in [0.05, 0.1) is 32.8 Å². The topological polar surface area (TPSA) is 94.2 Å². The Morgan fingerprint density at radius 2 is 1.69 bits per heavy atom. The number of esters is 1. The second kappa shape index (κ2) is 10.5. The van der Waals surface area contributed by atoms with Crippen molar-refractivity contribution in [3.05, 3.63) is 45.6 Å². The summed E-state index contributed by atoms with van der Waals surface area (Å²) in [6, 6.07) is 8.73. The van der Waals surface area contributed by atoms with E-state index < -0.39 is 11.9 Å². The predicted octanol–water partition coefficient (Wildman–Crippen LogP) is 2.01. The maximum Gasteiger partial charge on any atom is 0.325 e. The van der Waals surface area contributed by atoms with Crippen LogP contribution < -0.4 is 14.8 Å². The van der Waals surface area contributed by atoms with E-state index in [1.807, 2.05) is 13.0 Å². The summed E-state index contributed by atoms with van der Waals surface area (Å²) < 4.78 is 15.2. The third-order valence-electron chi connectivity index (χ3n) is 4.05. The van der Waals surface area contributed by atoms with E-state index in [0.29, 0.717) is 21.9 Å². The molecule has 2 aromatic rings. The first-order valence-corrected chi connectivity index (χ1v) is 9.59. The van der Waals surface area contributed by atoms with Gasteiger partial charge in [0.1, 0.15) is 18.0 Å². The zero-order valence-corrected chi connectivity index (χ0v) is 17.6. The third kappa shape index (κ3) is 6.49. The van der Waals surface area contributed by atoms with Crippen molar-refractivity contribution in [1.29, 1.82) is 0 Å². The van der Waals surface area contributed by atoms with Gasteiger partial charge in [-0.1, -0.05) is 0 Å². The van der Waals surface area contributed by atoms with Crippen LogP contribution in [-0.4, -0.2) is 57.1 Å². The number of rotatable bonds is 9. The lowest BCUT2D eigenvalue weighted by atomic mass is 10.2. The number of hydrogen-bond donors (Lipinski definition) is 1. The molecule has 8 nitrogen and oxygen atoms in total. The number of ether oxygens (including phenoxy) is 3. The Bertz CT molecular complexity index is 857. The standard InChI is InChI=1S/C20H24N2O6S/c1-13-5-6-17(29-13)20(25)21-10-18(23)22(12-19(24)28-4)11-14-7-15(26-2)9-16(8-14)27-3/h5-9H,10-12H2,1-4H3,(H,21,25).